The number of hydrogen-bond acceptors (Lipinski definition) is 9. The number of fused-ring (bicyclic) bond motifs is 1. The number of carbonyl (C=O) groups excluding carboxylic acids is 2. The van der Waals surface area contributed by atoms with Gasteiger partial charge < -0.3 is 29.8 Å². The number of nitrogens with one attached hydrogen (secondary N) is 3. The van der Waals surface area contributed by atoms with Gasteiger partial charge >= 0.3 is 12.1 Å². The maximum absolute atomic E-state index is 14.1. The number of anilines is 1. The van der Waals surface area contributed by atoms with Gasteiger partial charge in [-0.3, -0.25) is 10.2 Å². The molecule has 2 unspecified atom stereocenters. The number of H-pyrrole nitrogens is 1. The van der Waals surface area contributed by atoms with Crippen molar-refractivity contribution in [3.8, 4) is 0 Å². The van der Waals surface area contributed by atoms with E-state index >= 15 is 0 Å². The monoisotopic (exact) mass is 672 g/mol. The fraction of sp³-hybridized carbons (Fsp3) is 0.531. The molecule has 4 N–H and O–H groups in total. The Hall–Kier alpha value is -3.76. The number of ether oxygens (including phenoxy) is 2. The minimum atomic E-state index is -4.32. The summed E-state index contributed by atoms with van der Waals surface area (Å²) in [6, 6.07) is 12.4. The average molecular weight is 673 g/mol. The molecule has 1 aliphatic carbocycles. The van der Waals surface area contributed by atoms with Gasteiger partial charge in [-0.15, -0.1) is 0 Å². The van der Waals surface area contributed by atoms with Crippen molar-refractivity contribution in [3.05, 3.63) is 54.1 Å². The van der Waals surface area contributed by atoms with Gasteiger partial charge in [0.2, 0.25) is 5.95 Å². The molecule has 14 nitrogen and oxygen atoms in total. The second kappa shape index (κ2) is 15.0. The zero-order valence-corrected chi connectivity index (χ0v) is 27.8. The molecule has 1 aliphatic heterocycles. The fourth-order valence-electron chi connectivity index (χ4n) is 5.52. The third kappa shape index (κ3) is 9.41. The summed E-state index contributed by atoms with van der Waals surface area (Å²) < 4.78 is 39.8. The first-order chi connectivity index (χ1) is 22.4. The van der Waals surface area contributed by atoms with Crippen molar-refractivity contribution >= 4 is 39.1 Å². The molecule has 3 aromatic rings. The Morgan fingerprint density at radius 3 is 2.51 bits per heavy atom. The highest BCUT2D eigenvalue weighted by atomic mass is 32.2. The van der Waals surface area contributed by atoms with Crippen molar-refractivity contribution < 1.29 is 37.4 Å². The SMILES string of the molecule is CC(C)(C)OC(=O)NC(Cc1ccccc1)C(O)CN(OC1CCCC1)S(=O)(=O)c1ccc2nc(NC(=O)N3CCOCC3)[nH]c2c1. The number of benzene rings is 2. The van der Waals surface area contributed by atoms with Crippen LogP contribution in [0.4, 0.5) is 15.5 Å². The lowest BCUT2D eigenvalue weighted by molar-refractivity contribution is -0.145. The molecular weight excluding hydrogens is 628 g/mol. The highest BCUT2D eigenvalue weighted by Crippen LogP contribution is 2.28. The van der Waals surface area contributed by atoms with E-state index in [1.165, 1.54) is 18.2 Å². The molecule has 5 rings (SSSR count). The number of amides is 3. The van der Waals surface area contributed by atoms with Crippen molar-refractivity contribution in [2.24, 2.45) is 0 Å². The summed E-state index contributed by atoms with van der Waals surface area (Å²) in [4.78, 5) is 40.4. The molecule has 2 heterocycles. The van der Waals surface area contributed by atoms with Gasteiger partial charge in [0.05, 0.1) is 53.9 Å². The molecule has 3 amide bonds. The van der Waals surface area contributed by atoms with Crippen molar-refractivity contribution in [3.63, 3.8) is 0 Å². The Balaban J connectivity index is 1.38. The number of morpholine rings is 1. The number of aromatic nitrogens is 2. The first kappa shape index (κ1) is 34.6. The highest BCUT2D eigenvalue weighted by Gasteiger charge is 2.35. The van der Waals surface area contributed by atoms with Crippen LogP contribution in [0.1, 0.15) is 52.0 Å². The topological polar surface area (TPSA) is 175 Å². The zero-order valence-electron chi connectivity index (χ0n) is 27.0. The fourth-order valence-corrected chi connectivity index (χ4v) is 6.85. The van der Waals surface area contributed by atoms with Crippen molar-refractivity contribution in [2.75, 3.05) is 38.2 Å². The van der Waals surface area contributed by atoms with Gasteiger partial charge in [-0.2, -0.15) is 0 Å². The van der Waals surface area contributed by atoms with Gasteiger partial charge in [0.1, 0.15) is 5.60 Å². The Kier molecular flexibility index (Phi) is 11.0. The van der Waals surface area contributed by atoms with Crippen LogP contribution in [0.25, 0.3) is 11.0 Å². The lowest BCUT2D eigenvalue weighted by atomic mass is 10.0. The number of urea groups is 1. The molecule has 15 heteroatoms. The summed E-state index contributed by atoms with van der Waals surface area (Å²) in [5.41, 5.74) is 0.899. The number of sulfonamides is 1. The smallest absolute Gasteiger partial charge is 0.407 e. The Morgan fingerprint density at radius 1 is 1.13 bits per heavy atom. The van der Waals surface area contributed by atoms with Crippen LogP contribution in [-0.4, -0.2) is 102 Å². The van der Waals surface area contributed by atoms with Crippen LogP contribution in [0.15, 0.2) is 53.4 Å². The van der Waals surface area contributed by atoms with Crippen LogP contribution in [0.5, 0.6) is 0 Å². The summed E-state index contributed by atoms with van der Waals surface area (Å²) in [5.74, 6) is 0.178. The number of nitrogens with zero attached hydrogens (tertiary/aromatic N) is 3. The molecule has 0 spiro atoms. The second-order valence-electron chi connectivity index (χ2n) is 12.8. The number of carbonyl (C=O) groups is 2. The van der Waals surface area contributed by atoms with Gasteiger partial charge in [0.15, 0.2) is 0 Å². The molecule has 1 aromatic heterocycles. The molecular formula is C32H44N6O8S. The molecule has 0 bridgehead atoms. The quantitative estimate of drug-likeness (QED) is 0.221. The molecule has 47 heavy (non-hydrogen) atoms. The molecule has 256 valence electrons. The lowest BCUT2D eigenvalue weighted by Crippen LogP contribution is -2.51. The number of imidazole rings is 1. The number of aromatic amines is 1. The Labute approximate surface area is 274 Å². The lowest BCUT2D eigenvalue weighted by Gasteiger charge is -2.31. The Morgan fingerprint density at radius 2 is 1.83 bits per heavy atom. The van der Waals surface area contributed by atoms with E-state index in [0.717, 1.165) is 22.9 Å². The number of hydroxylamine groups is 1. The third-order valence-electron chi connectivity index (χ3n) is 7.91. The molecule has 1 saturated carbocycles. The van der Waals surface area contributed by atoms with Crippen molar-refractivity contribution in [1.82, 2.24) is 24.7 Å². The van der Waals surface area contributed by atoms with Gasteiger partial charge in [0, 0.05) is 13.1 Å². The van der Waals surface area contributed by atoms with E-state index in [2.05, 4.69) is 20.6 Å². The van der Waals surface area contributed by atoms with E-state index in [1.807, 2.05) is 30.3 Å². The maximum atomic E-state index is 14.1. The summed E-state index contributed by atoms with van der Waals surface area (Å²) in [6.45, 7) is 6.56. The first-order valence-corrected chi connectivity index (χ1v) is 17.4. The summed E-state index contributed by atoms with van der Waals surface area (Å²) in [5, 5.41) is 17.0. The summed E-state index contributed by atoms with van der Waals surface area (Å²) in [6.07, 6.45) is 0.934. The van der Waals surface area contributed by atoms with E-state index in [-0.39, 0.29) is 29.4 Å². The van der Waals surface area contributed by atoms with Crippen molar-refractivity contribution in [1.29, 1.82) is 0 Å². The van der Waals surface area contributed by atoms with E-state index in [1.54, 1.807) is 25.7 Å². The predicted molar refractivity (Wildman–Crippen MR) is 174 cm³/mol. The number of aliphatic hydroxyl groups excluding tert-OH is 1. The zero-order chi connectivity index (χ0) is 33.6. The Bertz CT molecular complexity index is 1620. The van der Waals surface area contributed by atoms with Crippen LogP contribution < -0.4 is 10.6 Å². The standard InChI is InChI=1S/C32H44N6O8S/c1-32(2,3)45-31(41)35-27(19-22-9-5-4-6-10-22)28(39)21-38(46-23-11-7-8-12-23)47(42,43)24-13-14-25-26(20-24)34-29(33-25)36-30(40)37-15-17-44-18-16-37/h4-6,9-10,13-14,20,23,27-28,39H,7-8,11-12,15-19,21H2,1-3H3,(H,35,41)(H2,33,34,36,40). The third-order valence-corrected chi connectivity index (χ3v) is 9.53. The largest absolute Gasteiger partial charge is 0.444 e. The average Bonchev–Trinajstić information content (AvgIpc) is 3.69. The number of alkyl carbamates (subject to hydrolysis) is 1. The van der Waals surface area contributed by atoms with Crippen LogP contribution in [0.2, 0.25) is 0 Å². The number of hydrogen-bond donors (Lipinski definition) is 4. The summed E-state index contributed by atoms with van der Waals surface area (Å²) in [7, 11) is -4.32. The van der Waals surface area contributed by atoms with Crippen LogP contribution >= 0.6 is 0 Å². The maximum Gasteiger partial charge on any atom is 0.407 e. The van der Waals surface area contributed by atoms with E-state index in [9.17, 15) is 23.1 Å². The summed E-state index contributed by atoms with van der Waals surface area (Å²) >= 11 is 0. The van der Waals surface area contributed by atoms with E-state index in [4.69, 9.17) is 14.3 Å². The molecule has 2 fully saturated rings. The van der Waals surface area contributed by atoms with Gasteiger partial charge in [-0.25, -0.2) is 23.0 Å². The van der Waals surface area contributed by atoms with Crippen LogP contribution in [0, 0.1) is 0 Å². The molecule has 1 saturated heterocycles. The van der Waals surface area contributed by atoms with Gasteiger partial charge in [-0.05, 0) is 63.8 Å². The van der Waals surface area contributed by atoms with E-state index in [0.29, 0.717) is 50.2 Å². The number of rotatable bonds is 11. The van der Waals surface area contributed by atoms with Crippen LogP contribution in [0.3, 0.4) is 0 Å². The molecule has 2 atom stereocenters. The van der Waals surface area contributed by atoms with Crippen molar-refractivity contribution in [2.45, 2.75) is 81.6 Å². The highest BCUT2D eigenvalue weighted by molar-refractivity contribution is 7.89. The first-order valence-electron chi connectivity index (χ1n) is 15.9. The normalized spacial score (nSPS) is 17.5. The van der Waals surface area contributed by atoms with E-state index < -0.39 is 40.4 Å². The van der Waals surface area contributed by atoms with Gasteiger partial charge in [-0.1, -0.05) is 47.6 Å². The van der Waals surface area contributed by atoms with Gasteiger partial charge in [0.25, 0.3) is 10.0 Å². The molecule has 0 radical (unpaired) electrons. The molecule has 2 aliphatic rings. The number of aliphatic hydroxyl groups is 1. The second-order valence-corrected chi connectivity index (χ2v) is 14.6. The predicted octanol–water partition coefficient (Wildman–Crippen LogP) is 3.79. The van der Waals surface area contributed by atoms with Crippen LogP contribution in [-0.2, 0) is 30.8 Å². The minimum absolute atomic E-state index is 0.0930. The molecule has 2 aromatic carbocycles. The minimum Gasteiger partial charge on any atom is -0.444 e.